The van der Waals surface area contributed by atoms with Gasteiger partial charge in [0.2, 0.25) is 0 Å². The molecule has 2 saturated heterocycles. The zero-order chi connectivity index (χ0) is 28.6. The summed E-state index contributed by atoms with van der Waals surface area (Å²) in [5.74, 6) is -4.54. The Kier molecular flexibility index (Phi) is 10.5. The van der Waals surface area contributed by atoms with Crippen LogP contribution in [0.2, 0.25) is 0 Å². The van der Waals surface area contributed by atoms with Gasteiger partial charge < -0.3 is 24.7 Å². The summed E-state index contributed by atoms with van der Waals surface area (Å²) in [6.45, 7) is 3.34. The lowest BCUT2D eigenvalue weighted by atomic mass is 9.88. The Morgan fingerprint density at radius 3 is 2.26 bits per heavy atom. The lowest BCUT2D eigenvalue weighted by Gasteiger charge is -2.39. The van der Waals surface area contributed by atoms with E-state index < -0.39 is 24.3 Å². The molecule has 0 radical (unpaired) electrons. The van der Waals surface area contributed by atoms with E-state index in [1.165, 1.54) is 6.07 Å². The maximum absolute atomic E-state index is 13.8. The molecule has 2 atom stereocenters. The predicted molar refractivity (Wildman–Crippen MR) is 116 cm³/mol. The Morgan fingerprint density at radius 1 is 1.11 bits per heavy atom. The first kappa shape index (κ1) is 30.8. The molecule has 9 nitrogen and oxygen atoms in total. The molecule has 212 valence electrons. The number of aromatic nitrogens is 1. The second kappa shape index (κ2) is 12.9. The third-order valence-corrected chi connectivity index (χ3v) is 5.37. The van der Waals surface area contributed by atoms with E-state index in [9.17, 15) is 30.7 Å². The first-order chi connectivity index (χ1) is 17.6. The highest BCUT2D eigenvalue weighted by atomic mass is 19.4. The Hall–Kier alpha value is -3.40. The number of carbonyl (C=O) groups is 2. The van der Waals surface area contributed by atoms with Crippen LogP contribution >= 0.6 is 0 Å². The summed E-state index contributed by atoms with van der Waals surface area (Å²) in [5.41, 5.74) is -0.145. The number of halogens is 7. The molecule has 2 aromatic heterocycles. The fourth-order valence-corrected chi connectivity index (χ4v) is 3.85. The number of anilines is 1. The van der Waals surface area contributed by atoms with E-state index in [-0.39, 0.29) is 17.5 Å². The normalized spacial score (nSPS) is 21.6. The molecule has 2 fully saturated rings. The van der Waals surface area contributed by atoms with Crippen molar-refractivity contribution in [3.8, 4) is 0 Å². The molecule has 0 aliphatic carbocycles. The van der Waals surface area contributed by atoms with Crippen LogP contribution in [-0.4, -0.2) is 75.7 Å². The monoisotopic (exact) mass is 559 g/mol. The fraction of sp³-hybridized carbons (Fsp3) is 0.500. The van der Waals surface area contributed by atoms with Crippen molar-refractivity contribution >= 4 is 17.8 Å². The first-order valence-corrected chi connectivity index (χ1v) is 11.0. The van der Waals surface area contributed by atoms with Crippen LogP contribution in [-0.2, 0) is 20.9 Å². The van der Waals surface area contributed by atoms with Crippen LogP contribution in [0.15, 0.2) is 41.1 Å². The number of nitrogens with one attached hydrogen (secondary N) is 1. The maximum atomic E-state index is 13.8. The maximum Gasteiger partial charge on any atom is 0.490 e. The van der Waals surface area contributed by atoms with Crippen molar-refractivity contribution in [1.82, 2.24) is 9.88 Å². The quantitative estimate of drug-likeness (QED) is 0.470. The van der Waals surface area contributed by atoms with Gasteiger partial charge in [0.25, 0.3) is 0 Å². The largest absolute Gasteiger partial charge is 0.490 e. The third kappa shape index (κ3) is 9.81. The van der Waals surface area contributed by atoms with Gasteiger partial charge in [-0.3, -0.25) is 4.90 Å². The number of nitrogens with zero attached hydrogens (tertiary/aromatic N) is 2. The molecule has 0 amide bonds. The summed E-state index contributed by atoms with van der Waals surface area (Å²) >= 11 is 0. The lowest BCUT2D eigenvalue weighted by molar-refractivity contribution is -0.193. The van der Waals surface area contributed by atoms with Crippen LogP contribution in [0.1, 0.15) is 25.0 Å². The van der Waals surface area contributed by atoms with E-state index in [1.54, 1.807) is 18.5 Å². The van der Waals surface area contributed by atoms with Gasteiger partial charge in [-0.1, -0.05) is 0 Å². The van der Waals surface area contributed by atoms with E-state index in [4.69, 9.17) is 29.0 Å². The number of likely N-dealkylation sites (tertiary alicyclic amines) is 1. The molecule has 2 aromatic rings. The number of piperidine rings is 1. The second-order valence-corrected chi connectivity index (χ2v) is 8.37. The number of hydrogen-bond acceptors (Lipinski definition) is 7. The smallest absolute Gasteiger partial charge is 0.475 e. The van der Waals surface area contributed by atoms with Crippen LogP contribution in [0.5, 0.6) is 0 Å². The number of hydrogen-bond donors (Lipinski definition) is 3. The van der Waals surface area contributed by atoms with E-state index >= 15 is 0 Å². The number of carboxylic acids is 2. The molecular weight excluding hydrogens is 535 g/mol. The Labute approximate surface area is 211 Å². The van der Waals surface area contributed by atoms with Crippen molar-refractivity contribution in [2.45, 2.75) is 49.8 Å². The third-order valence-electron chi connectivity index (χ3n) is 5.37. The predicted octanol–water partition coefficient (Wildman–Crippen LogP) is 4.32. The fourth-order valence-electron chi connectivity index (χ4n) is 3.85. The van der Waals surface area contributed by atoms with E-state index in [0.717, 1.165) is 44.7 Å². The van der Waals surface area contributed by atoms with Gasteiger partial charge in [-0.05, 0) is 43.7 Å². The SMILES string of the molecule is Fc1cccnc1NC1COC2(CCCN(Cc3ccco3)C2)C1.O=C(O)C(F)(F)F.O=C(O)C(F)(F)F. The van der Waals surface area contributed by atoms with Crippen LogP contribution in [0, 0.1) is 5.82 Å². The average molecular weight is 559 g/mol. The number of rotatable bonds is 4. The molecule has 1 spiro atoms. The minimum atomic E-state index is -5.08. The number of ether oxygens (including phenoxy) is 1. The van der Waals surface area contributed by atoms with Gasteiger partial charge in [0.15, 0.2) is 11.6 Å². The molecule has 2 aliphatic heterocycles. The second-order valence-electron chi connectivity index (χ2n) is 8.37. The van der Waals surface area contributed by atoms with Crippen LogP contribution < -0.4 is 5.32 Å². The van der Waals surface area contributed by atoms with Gasteiger partial charge in [-0.25, -0.2) is 19.0 Å². The lowest BCUT2D eigenvalue weighted by Crippen LogP contribution is -2.47. The minimum absolute atomic E-state index is 0.0953. The van der Waals surface area contributed by atoms with Crippen molar-refractivity contribution in [1.29, 1.82) is 0 Å². The average Bonchev–Trinajstić information content (AvgIpc) is 3.45. The van der Waals surface area contributed by atoms with E-state index in [2.05, 4.69) is 15.2 Å². The molecule has 4 heterocycles. The van der Waals surface area contributed by atoms with Gasteiger partial charge in [0, 0.05) is 19.2 Å². The number of furan rings is 1. The topological polar surface area (TPSA) is 125 Å². The van der Waals surface area contributed by atoms with Crippen LogP contribution in [0.25, 0.3) is 0 Å². The highest BCUT2D eigenvalue weighted by molar-refractivity contribution is 5.73. The molecule has 0 bridgehead atoms. The molecule has 38 heavy (non-hydrogen) atoms. The van der Waals surface area contributed by atoms with Gasteiger partial charge >= 0.3 is 24.3 Å². The molecule has 2 unspecified atom stereocenters. The van der Waals surface area contributed by atoms with Gasteiger partial charge in [0.1, 0.15) is 5.76 Å². The van der Waals surface area contributed by atoms with Crippen molar-refractivity contribution in [3.05, 3.63) is 48.3 Å². The number of pyridine rings is 1. The van der Waals surface area contributed by atoms with Crippen LogP contribution in [0.3, 0.4) is 0 Å². The van der Waals surface area contributed by atoms with Crippen molar-refractivity contribution in [2.75, 3.05) is 25.0 Å². The summed E-state index contributed by atoms with van der Waals surface area (Å²) in [4.78, 5) is 24.2. The Morgan fingerprint density at radius 2 is 1.74 bits per heavy atom. The van der Waals surface area contributed by atoms with E-state index in [1.807, 2.05) is 12.1 Å². The van der Waals surface area contributed by atoms with Crippen molar-refractivity contribution in [2.24, 2.45) is 0 Å². The van der Waals surface area contributed by atoms with Crippen molar-refractivity contribution < 1.29 is 59.7 Å². The molecule has 4 rings (SSSR count). The highest BCUT2D eigenvalue weighted by Crippen LogP contribution is 2.36. The molecule has 16 heteroatoms. The minimum Gasteiger partial charge on any atom is -0.475 e. The molecule has 3 N–H and O–H groups in total. The summed E-state index contributed by atoms with van der Waals surface area (Å²) in [5, 5.41) is 17.4. The molecule has 0 aromatic carbocycles. The summed E-state index contributed by atoms with van der Waals surface area (Å²) in [7, 11) is 0. The number of alkyl halides is 6. The van der Waals surface area contributed by atoms with Gasteiger partial charge in [0.05, 0.1) is 31.1 Å². The molecule has 0 saturated carbocycles. The number of aliphatic carboxylic acids is 2. The Balaban J connectivity index is 0.000000301. The summed E-state index contributed by atoms with van der Waals surface area (Å²) < 4.78 is 88.9. The van der Waals surface area contributed by atoms with Gasteiger partial charge in [-0.15, -0.1) is 0 Å². The summed E-state index contributed by atoms with van der Waals surface area (Å²) in [6, 6.07) is 7.04. The molecular formula is C22H24F7N3O6. The van der Waals surface area contributed by atoms with Crippen LogP contribution in [0.4, 0.5) is 36.6 Å². The zero-order valence-corrected chi connectivity index (χ0v) is 19.6. The molecule has 2 aliphatic rings. The highest BCUT2D eigenvalue weighted by Gasteiger charge is 2.44. The standard InChI is InChI=1S/C18H22FN3O2.2C2HF3O2/c19-16-5-1-7-20-17(16)21-14-10-18(24-12-14)6-3-8-22(13-18)11-15-4-2-9-23-15;2*3-2(4,5)1(6)7/h1-2,4-5,7,9,14H,3,6,8,10-13H2,(H,20,21);2*(H,6,7). The summed E-state index contributed by atoms with van der Waals surface area (Å²) in [6.07, 6.45) is -3.83. The number of carboxylic acid groups (broad SMARTS) is 2. The first-order valence-electron chi connectivity index (χ1n) is 11.0. The van der Waals surface area contributed by atoms with Crippen molar-refractivity contribution in [3.63, 3.8) is 0 Å². The Bertz CT molecular complexity index is 1020. The van der Waals surface area contributed by atoms with Gasteiger partial charge in [-0.2, -0.15) is 26.3 Å². The zero-order valence-electron chi connectivity index (χ0n) is 19.6. The van der Waals surface area contributed by atoms with E-state index in [0.29, 0.717) is 12.4 Å².